The van der Waals surface area contributed by atoms with E-state index in [0.717, 1.165) is 36.2 Å². The van der Waals surface area contributed by atoms with Crippen LogP contribution in [-0.2, 0) is 14.8 Å². The summed E-state index contributed by atoms with van der Waals surface area (Å²) in [5.41, 5.74) is 0.291. The highest BCUT2D eigenvalue weighted by Gasteiger charge is 2.28. The van der Waals surface area contributed by atoms with Crippen LogP contribution < -0.4 is 13.8 Å². The zero-order valence-electron chi connectivity index (χ0n) is 15.9. The van der Waals surface area contributed by atoms with Crippen molar-refractivity contribution in [1.82, 2.24) is 4.90 Å². The SMILES string of the molecule is COc1ccc(OC)c(N(CC(=O)N(C)C2CCCCC2)S(C)(=O)=O)c1. The first-order chi connectivity index (χ1) is 12.3. The fourth-order valence-corrected chi connectivity index (χ4v) is 4.12. The van der Waals surface area contributed by atoms with Gasteiger partial charge >= 0.3 is 0 Å². The minimum Gasteiger partial charge on any atom is -0.497 e. The monoisotopic (exact) mass is 384 g/mol. The van der Waals surface area contributed by atoms with E-state index in [1.807, 2.05) is 0 Å². The maximum Gasteiger partial charge on any atom is 0.243 e. The van der Waals surface area contributed by atoms with E-state index in [1.165, 1.54) is 20.6 Å². The lowest BCUT2D eigenvalue weighted by Crippen LogP contribution is -2.45. The molecule has 0 N–H and O–H groups in total. The van der Waals surface area contributed by atoms with Gasteiger partial charge in [-0.05, 0) is 25.0 Å². The number of amides is 1. The summed E-state index contributed by atoms with van der Waals surface area (Å²) in [6, 6.07) is 5.04. The zero-order valence-corrected chi connectivity index (χ0v) is 16.7. The zero-order chi connectivity index (χ0) is 19.3. The molecule has 7 nitrogen and oxygen atoms in total. The molecule has 1 saturated carbocycles. The van der Waals surface area contributed by atoms with E-state index < -0.39 is 10.0 Å². The molecule has 1 aromatic carbocycles. The first-order valence-electron chi connectivity index (χ1n) is 8.73. The maximum absolute atomic E-state index is 12.8. The first-order valence-corrected chi connectivity index (χ1v) is 10.6. The third-order valence-electron chi connectivity index (χ3n) is 4.85. The molecule has 0 bridgehead atoms. The highest BCUT2D eigenvalue weighted by molar-refractivity contribution is 7.92. The molecular formula is C18H28N2O5S. The quantitative estimate of drug-likeness (QED) is 0.721. The molecule has 0 atom stereocenters. The van der Waals surface area contributed by atoms with Gasteiger partial charge in [-0.3, -0.25) is 9.10 Å². The van der Waals surface area contributed by atoms with E-state index in [4.69, 9.17) is 9.47 Å². The molecule has 26 heavy (non-hydrogen) atoms. The summed E-state index contributed by atoms with van der Waals surface area (Å²) >= 11 is 0. The van der Waals surface area contributed by atoms with Gasteiger partial charge in [-0.2, -0.15) is 0 Å². The maximum atomic E-state index is 12.8. The third-order valence-corrected chi connectivity index (χ3v) is 5.98. The van der Waals surface area contributed by atoms with Crippen LogP contribution in [0.15, 0.2) is 18.2 Å². The van der Waals surface area contributed by atoms with Gasteiger partial charge in [0.05, 0.1) is 26.2 Å². The number of hydrogen-bond donors (Lipinski definition) is 0. The van der Waals surface area contributed by atoms with Gasteiger partial charge in [0.25, 0.3) is 0 Å². The van der Waals surface area contributed by atoms with Gasteiger partial charge < -0.3 is 14.4 Å². The number of carbonyl (C=O) groups excluding carboxylic acids is 1. The molecule has 1 fully saturated rings. The molecule has 0 aliphatic heterocycles. The Hall–Kier alpha value is -1.96. The molecule has 0 aromatic heterocycles. The number of sulfonamides is 1. The van der Waals surface area contributed by atoms with Gasteiger partial charge in [-0.25, -0.2) is 8.42 Å². The Kier molecular flexibility index (Phi) is 6.75. The molecule has 146 valence electrons. The lowest BCUT2D eigenvalue weighted by Gasteiger charge is -2.33. The average molecular weight is 384 g/mol. The number of hydrogen-bond acceptors (Lipinski definition) is 5. The number of ether oxygens (including phenoxy) is 2. The van der Waals surface area contributed by atoms with Crippen LogP contribution in [0.5, 0.6) is 11.5 Å². The van der Waals surface area contributed by atoms with Gasteiger partial charge in [0.15, 0.2) is 0 Å². The van der Waals surface area contributed by atoms with Gasteiger partial charge in [0.2, 0.25) is 15.9 Å². The van der Waals surface area contributed by atoms with Gasteiger partial charge in [-0.15, -0.1) is 0 Å². The summed E-state index contributed by atoms with van der Waals surface area (Å²) < 4.78 is 36.4. The highest BCUT2D eigenvalue weighted by Crippen LogP contribution is 2.34. The van der Waals surface area contributed by atoms with Gasteiger partial charge in [0, 0.05) is 19.2 Å². The summed E-state index contributed by atoms with van der Waals surface area (Å²) in [5, 5.41) is 0. The van der Waals surface area contributed by atoms with E-state index in [2.05, 4.69) is 0 Å². The Morgan fingerprint density at radius 2 is 1.81 bits per heavy atom. The van der Waals surface area contributed by atoms with Crippen LogP contribution in [0.3, 0.4) is 0 Å². The average Bonchev–Trinajstić information content (AvgIpc) is 2.64. The second-order valence-corrected chi connectivity index (χ2v) is 8.51. The van der Waals surface area contributed by atoms with Crippen LogP contribution in [0.25, 0.3) is 0 Å². The van der Waals surface area contributed by atoms with Crippen LogP contribution in [0.4, 0.5) is 5.69 Å². The van der Waals surface area contributed by atoms with Crippen molar-refractivity contribution in [1.29, 1.82) is 0 Å². The van der Waals surface area contributed by atoms with Crippen molar-refractivity contribution in [3.05, 3.63) is 18.2 Å². The molecule has 0 spiro atoms. The molecule has 0 unspecified atom stereocenters. The number of benzene rings is 1. The van der Waals surface area contributed by atoms with Gasteiger partial charge in [-0.1, -0.05) is 19.3 Å². The molecule has 0 radical (unpaired) electrons. The smallest absolute Gasteiger partial charge is 0.243 e. The molecule has 1 amide bonds. The number of carbonyl (C=O) groups is 1. The molecule has 2 rings (SSSR count). The summed E-state index contributed by atoms with van der Waals surface area (Å²) in [6.45, 7) is -0.268. The summed E-state index contributed by atoms with van der Waals surface area (Å²) in [5.74, 6) is 0.624. The van der Waals surface area contributed by atoms with E-state index in [9.17, 15) is 13.2 Å². The van der Waals surface area contributed by atoms with Crippen molar-refractivity contribution >= 4 is 21.6 Å². The van der Waals surface area contributed by atoms with Crippen LogP contribution in [0, 0.1) is 0 Å². The number of anilines is 1. The van der Waals surface area contributed by atoms with E-state index >= 15 is 0 Å². The molecule has 0 heterocycles. The topological polar surface area (TPSA) is 76.2 Å². The number of rotatable bonds is 7. The Balaban J connectivity index is 2.30. The van der Waals surface area contributed by atoms with Crippen LogP contribution in [-0.4, -0.2) is 59.3 Å². The normalized spacial score (nSPS) is 15.4. The Morgan fingerprint density at radius 3 is 2.35 bits per heavy atom. The summed E-state index contributed by atoms with van der Waals surface area (Å²) in [4.78, 5) is 14.5. The number of methoxy groups -OCH3 is 2. The van der Waals surface area contributed by atoms with Crippen molar-refractivity contribution in [2.45, 2.75) is 38.1 Å². The van der Waals surface area contributed by atoms with Crippen molar-refractivity contribution in [3.63, 3.8) is 0 Å². The summed E-state index contributed by atoms with van der Waals surface area (Å²) in [7, 11) is 1.03. The second kappa shape index (κ2) is 8.62. The van der Waals surface area contributed by atoms with Crippen LogP contribution in [0.2, 0.25) is 0 Å². The van der Waals surface area contributed by atoms with E-state index in [1.54, 1.807) is 30.1 Å². The Morgan fingerprint density at radius 1 is 1.15 bits per heavy atom. The fourth-order valence-electron chi connectivity index (χ4n) is 3.28. The summed E-state index contributed by atoms with van der Waals surface area (Å²) in [6.07, 6.45) is 6.39. The molecule has 8 heteroatoms. The Bertz CT molecular complexity index is 729. The van der Waals surface area contributed by atoms with Crippen molar-refractivity contribution < 1.29 is 22.7 Å². The first kappa shape index (κ1) is 20.4. The Labute approximate surface area is 155 Å². The van der Waals surface area contributed by atoms with Crippen molar-refractivity contribution in [3.8, 4) is 11.5 Å². The van der Waals surface area contributed by atoms with Crippen LogP contribution >= 0.6 is 0 Å². The standard InChI is InChI=1S/C18H28N2O5S/c1-19(14-8-6-5-7-9-14)18(21)13-20(26(4,22)23)16-12-15(24-2)10-11-17(16)25-3/h10-12,14H,5-9,13H2,1-4H3. The second-order valence-electron chi connectivity index (χ2n) is 6.60. The van der Waals surface area contributed by atoms with Gasteiger partial charge in [0.1, 0.15) is 18.0 Å². The van der Waals surface area contributed by atoms with E-state index in [0.29, 0.717) is 17.2 Å². The number of likely N-dealkylation sites (N-methyl/N-ethyl adjacent to an activating group) is 1. The predicted octanol–water partition coefficient (Wildman–Crippen LogP) is 2.26. The third kappa shape index (κ3) is 4.81. The number of nitrogens with zero attached hydrogens (tertiary/aromatic N) is 2. The van der Waals surface area contributed by atoms with Crippen molar-refractivity contribution in [2.75, 3.05) is 38.4 Å². The minimum atomic E-state index is -3.68. The van der Waals surface area contributed by atoms with Crippen molar-refractivity contribution in [2.24, 2.45) is 0 Å². The molecule has 1 aliphatic carbocycles. The lowest BCUT2D eigenvalue weighted by molar-refractivity contribution is -0.130. The molecule has 1 aromatic rings. The van der Waals surface area contributed by atoms with E-state index in [-0.39, 0.29) is 18.5 Å². The lowest BCUT2D eigenvalue weighted by atomic mass is 9.94. The molecular weight excluding hydrogens is 356 g/mol. The molecule has 1 aliphatic rings. The highest BCUT2D eigenvalue weighted by atomic mass is 32.2. The predicted molar refractivity (Wildman–Crippen MR) is 101 cm³/mol. The van der Waals surface area contributed by atoms with Crippen LogP contribution in [0.1, 0.15) is 32.1 Å². The minimum absolute atomic E-state index is 0.171. The largest absolute Gasteiger partial charge is 0.497 e. The molecule has 0 saturated heterocycles. The fraction of sp³-hybridized carbons (Fsp3) is 0.611.